The topological polar surface area (TPSA) is 32.3 Å². The van der Waals surface area contributed by atoms with Crippen LogP contribution in [-0.2, 0) is 0 Å². The van der Waals surface area contributed by atoms with Gasteiger partial charge in [-0.25, -0.2) is 0 Å². The van der Waals surface area contributed by atoms with E-state index < -0.39 is 0 Å². The highest BCUT2D eigenvalue weighted by Crippen LogP contribution is 2.19. The molecule has 0 radical (unpaired) electrons. The third kappa shape index (κ3) is 4.33. The quantitative estimate of drug-likeness (QED) is 0.742. The Bertz CT molecular complexity index is 273. The highest BCUT2D eigenvalue weighted by Gasteiger charge is 2.13. The molecule has 1 aromatic rings. The molecule has 0 aromatic heterocycles. The van der Waals surface area contributed by atoms with E-state index in [1.807, 2.05) is 25.2 Å². The normalized spacial score (nSPS) is 14.7. The molecule has 0 aliphatic heterocycles. The fourth-order valence-corrected chi connectivity index (χ4v) is 1.94. The summed E-state index contributed by atoms with van der Waals surface area (Å²) in [5, 5.41) is 13.2. The van der Waals surface area contributed by atoms with Crippen molar-refractivity contribution in [1.82, 2.24) is 5.32 Å². The van der Waals surface area contributed by atoms with Gasteiger partial charge in [-0.2, -0.15) is 0 Å². The molecule has 2 nitrogen and oxygen atoms in total. The summed E-state index contributed by atoms with van der Waals surface area (Å²) in [6.45, 7) is 2.15. The minimum Gasteiger partial charge on any atom is -0.393 e. The fraction of sp³-hybridized carbons (Fsp3) is 0.571. The third-order valence-electron chi connectivity index (χ3n) is 2.95. The highest BCUT2D eigenvalue weighted by molar-refractivity contribution is 5.18. The first-order chi connectivity index (χ1) is 7.77. The molecule has 0 heterocycles. The molecule has 0 spiro atoms. The third-order valence-corrected chi connectivity index (χ3v) is 2.95. The van der Waals surface area contributed by atoms with Gasteiger partial charge in [-0.15, -0.1) is 0 Å². The van der Waals surface area contributed by atoms with E-state index in [2.05, 4.69) is 24.4 Å². The number of nitrogens with one attached hydrogen (secondary N) is 1. The Morgan fingerprint density at radius 1 is 1.25 bits per heavy atom. The lowest BCUT2D eigenvalue weighted by Crippen LogP contribution is -2.22. The van der Waals surface area contributed by atoms with Crippen molar-refractivity contribution in [2.45, 2.75) is 44.8 Å². The van der Waals surface area contributed by atoms with E-state index in [0.29, 0.717) is 0 Å². The molecular weight excluding hydrogens is 198 g/mol. The van der Waals surface area contributed by atoms with Crippen LogP contribution in [0.2, 0.25) is 0 Å². The second kappa shape index (κ2) is 7.42. The Morgan fingerprint density at radius 3 is 2.50 bits per heavy atom. The number of hydrogen-bond acceptors (Lipinski definition) is 2. The molecule has 0 bridgehead atoms. The molecule has 1 rings (SSSR count). The van der Waals surface area contributed by atoms with Gasteiger partial charge < -0.3 is 10.4 Å². The van der Waals surface area contributed by atoms with Gasteiger partial charge in [0.05, 0.1) is 6.10 Å². The molecule has 0 saturated carbocycles. The minimum atomic E-state index is -0.197. The molecular formula is C14H23NO. The SMILES string of the molecule is CCCCC(O)CC(NC)c1ccccc1. The predicted molar refractivity (Wildman–Crippen MR) is 68.4 cm³/mol. The summed E-state index contributed by atoms with van der Waals surface area (Å²) in [6.07, 6.45) is 3.75. The molecule has 2 N–H and O–H groups in total. The Hall–Kier alpha value is -0.860. The van der Waals surface area contributed by atoms with Crippen LogP contribution in [0.15, 0.2) is 30.3 Å². The fourth-order valence-electron chi connectivity index (χ4n) is 1.94. The van der Waals surface area contributed by atoms with Gasteiger partial charge in [-0.3, -0.25) is 0 Å². The zero-order valence-electron chi connectivity index (χ0n) is 10.3. The van der Waals surface area contributed by atoms with Crippen LogP contribution in [0.25, 0.3) is 0 Å². The monoisotopic (exact) mass is 221 g/mol. The predicted octanol–water partition coefficient (Wildman–Crippen LogP) is 2.89. The van der Waals surface area contributed by atoms with Gasteiger partial charge in [0.25, 0.3) is 0 Å². The molecule has 0 fully saturated rings. The standard InChI is InChI=1S/C14H23NO/c1-3-4-10-13(16)11-14(15-2)12-8-6-5-7-9-12/h5-9,13-16H,3-4,10-11H2,1-2H3. The summed E-state index contributed by atoms with van der Waals surface area (Å²) in [5.74, 6) is 0. The molecule has 0 amide bonds. The van der Waals surface area contributed by atoms with E-state index in [9.17, 15) is 5.11 Å². The lowest BCUT2D eigenvalue weighted by molar-refractivity contribution is 0.138. The van der Waals surface area contributed by atoms with E-state index in [0.717, 1.165) is 25.7 Å². The van der Waals surface area contributed by atoms with Crippen LogP contribution >= 0.6 is 0 Å². The highest BCUT2D eigenvalue weighted by atomic mass is 16.3. The summed E-state index contributed by atoms with van der Waals surface area (Å²) >= 11 is 0. The first kappa shape index (κ1) is 13.2. The van der Waals surface area contributed by atoms with Gasteiger partial charge >= 0.3 is 0 Å². The number of benzene rings is 1. The number of aliphatic hydroxyl groups excluding tert-OH is 1. The van der Waals surface area contributed by atoms with Gasteiger partial charge in [-0.05, 0) is 25.5 Å². The molecule has 16 heavy (non-hydrogen) atoms. The lowest BCUT2D eigenvalue weighted by atomic mass is 9.98. The van der Waals surface area contributed by atoms with E-state index in [4.69, 9.17) is 0 Å². The van der Waals surface area contributed by atoms with Crippen molar-refractivity contribution in [3.8, 4) is 0 Å². The van der Waals surface area contributed by atoms with E-state index in [1.54, 1.807) is 0 Å². The summed E-state index contributed by atoms with van der Waals surface area (Å²) in [6, 6.07) is 10.6. The van der Waals surface area contributed by atoms with E-state index in [1.165, 1.54) is 5.56 Å². The van der Waals surface area contributed by atoms with Crippen molar-refractivity contribution < 1.29 is 5.11 Å². The Morgan fingerprint density at radius 2 is 1.94 bits per heavy atom. The molecule has 2 unspecified atom stereocenters. The molecule has 2 heteroatoms. The Kier molecular flexibility index (Phi) is 6.12. The maximum absolute atomic E-state index is 9.90. The zero-order valence-corrected chi connectivity index (χ0v) is 10.3. The summed E-state index contributed by atoms with van der Waals surface area (Å²) in [4.78, 5) is 0. The van der Waals surface area contributed by atoms with E-state index >= 15 is 0 Å². The van der Waals surface area contributed by atoms with E-state index in [-0.39, 0.29) is 12.1 Å². The van der Waals surface area contributed by atoms with Gasteiger partial charge in [0.2, 0.25) is 0 Å². The first-order valence-corrected chi connectivity index (χ1v) is 6.18. The van der Waals surface area contributed by atoms with Crippen LogP contribution in [-0.4, -0.2) is 18.3 Å². The van der Waals surface area contributed by atoms with Crippen molar-refractivity contribution in [2.75, 3.05) is 7.05 Å². The first-order valence-electron chi connectivity index (χ1n) is 6.18. The molecule has 1 aromatic carbocycles. The molecule has 90 valence electrons. The number of aliphatic hydroxyl groups is 1. The Balaban J connectivity index is 2.49. The average Bonchev–Trinajstić information content (AvgIpc) is 2.34. The van der Waals surface area contributed by atoms with Gasteiger partial charge in [0, 0.05) is 6.04 Å². The second-order valence-corrected chi connectivity index (χ2v) is 4.28. The second-order valence-electron chi connectivity index (χ2n) is 4.28. The van der Waals surface area contributed by atoms with Crippen LogP contribution in [0.5, 0.6) is 0 Å². The molecule has 0 aliphatic carbocycles. The lowest BCUT2D eigenvalue weighted by Gasteiger charge is -2.20. The van der Waals surface area contributed by atoms with Gasteiger partial charge in [-0.1, -0.05) is 50.1 Å². The van der Waals surface area contributed by atoms with Crippen LogP contribution in [0.3, 0.4) is 0 Å². The largest absolute Gasteiger partial charge is 0.393 e. The zero-order chi connectivity index (χ0) is 11.8. The maximum atomic E-state index is 9.90. The number of hydrogen-bond donors (Lipinski definition) is 2. The van der Waals surface area contributed by atoms with Crippen molar-refractivity contribution in [1.29, 1.82) is 0 Å². The van der Waals surface area contributed by atoms with Crippen molar-refractivity contribution in [3.05, 3.63) is 35.9 Å². The van der Waals surface area contributed by atoms with Gasteiger partial charge in [0.1, 0.15) is 0 Å². The number of unbranched alkanes of at least 4 members (excludes halogenated alkanes) is 1. The summed E-state index contributed by atoms with van der Waals surface area (Å²) in [7, 11) is 1.95. The van der Waals surface area contributed by atoms with Crippen molar-refractivity contribution in [2.24, 2.45) is 0 Å². The smallest absolute Gasteiger partial charge is 0.0558 e. The van der Waals surface area contributed by atoms with Crippen LogP contribution < -0.4 is 5.32 Å². The average molecular weight is 221 g/mol. The molecule has 0 saturated heterocycles. The number of rotatable bonds is 7. The maximum Gasteiger partial charge on any atom is 0.0558 e. The molecule has 2 atom stereocenters. The van der Waals surface area contributed by atoms with Crippen molar-refractivity contribution in [3.63, 3.8) is 0 Å². The van der Waals surface area contributed by atoms with Crippen LogP contribution in [0.4, 0.5) is 0 Å². The van der Waals surface area contributed by atoms with Crippen molar-refractivity contribution >= 4 is 0 Å². The Labute approximate surface area is 98.7 Å². The van der Waals surface area contributed by atoms with Crippen LogP contribution in [0.1, 0.15) is 44.2 Å². The van der Waals surface area contributed by atoms with Crippen LogP contribution in [0, 0.1) is 0 Å². The summed E-state index contributed by atoms with van der Waals surface area (Å²) < 4.78 is 0. The van der Waals surface area contributed by atoms with Gasteiger partial charge in [0.15, 0.2) is 0 Å². The minimum absolute atomic E-state index is 0.197. The molecule has 0 aliphatic rings. The summed E-state index contributed by atoms with van der Waals surface area (Å²) in [5.41, 5.74) is 1.25.